The molecule has 0 rings (SSSR count). The minimum absolute atomic E-state index is 7.42. The lowest BCUT2D eigenvalue weighted by atomic mass is 9.96. The number of hydrogen-bond donors (Lipinski definition) is 0. The number of alkyl halides is 13. The van der Waals surface area contributed by atoms with Crippen LogP contribution in [0.5, 0.6) is 0 Å². The van der Waals surface area contributed by atoms with Crippen LogP contribution in [-0.2, 0) is 5.11 Å². The van der Waals surface area contributed by atoms with Crippen molar-refractivity contribution in [2.24, 2.45) is 0 Å². The second kappa shape index (κ2) is 4.27. The largest absolute Gasteiger partial charge is 0.460 e. The molecule has 0 aliphatic heterocycles. The fourth-order valence-electron chi connectivity index (χ4n) is 0.759. The first-order chi connectivity index (χ1) is 8.25. The molecule has 0 aromatic heterocycles. The van der Waals surface area contributed by atoms with Crippen molar-refractivity contribution in [3.05, 3.63) is 0 Å². The average Bonchev–Trinajstić information content (AvgIpc) is 2.12. The maximum atomic E-state index is 12.4. The maximum absolute atomic E-state index is 12.4. The Bertz CT molecular complexity index is 324. The Morgan fingerprint density at radius 3 is 0.850 bits per heavy atom. The summed E-state index contributed by atoms with van der Waals surface area (Å²) >= 11 is 0. The van der Waals surface area contributed by atoms with E-state index in [1.807, 2.05) is 0 Å². The molecule has 0 aliphatic carbocycles. The molecule has 0 saturated heterocycles. The van der Waals surface area contributed by atoms with Crippen molar-refractivity contribution in [3.8, 4) is 0 Å². The average molecular weight is 335 g/mol. The van der Waals surface area contributed by atoms with Crippen molar-refractivity contribution < 1.29 is 62.2 Å². The summed E-state index contributed by atoms with van der Waals surface area (Å²) in [5, 5.41) is 10.0. The monoisotopic (exact) mass is 335 g/mol. The van der Waals surface area contributed by atoms with E-state index < -0.39 is 36.0 Å². The highest BCUT2D eigenvalue weighted by atomic mass is 19.4. The molecule has 0 bridgehead atoms. The molecule has 0 aromatic rings. The fourth-order valence-corrected chi connectivity index (χ4v) is 0.759. The molecule has 121 valence electrons. The van der Waals surface area contributed by atoms with Gasteiger partial charge in [0.2, 0.25) is 0 Å². The van der Waals surface area contributed by atoms with Gasteiger partial charge in [-0.25, -0.2) is 0 Å². The van der Waals surface area contributed by atoms with Crippen molar-refractivity contribution in [2.45, 2.75) is 36.0 Å². The van der Waals surface area contributed by atoms with E-state index in [1.165, 1.54) is 0 Å². The molecule has 0 saturated carbocycles. The van der Waals surface area contributed by atoms with Gasteiger partial charge >= 0.3 is 36.0 Å². The molecule has 1 atom stereocenters. The molecule has 0 N–H and O–H groups in total. The summed E-state index contributed by atoms with van der Waals surface area (Å²) in [5.74, 6) is -31.2. The van der Waals surface area contributed by atoms with Gasteiger partial charge in [-0.2, -0.15) is 62.2 Å². The van der Waals surface area contributed by atoms with E-state index >= 15 is 0 Å². The molecule has 0 amide bonds. The van der Waals surface area contributed by atoms with Crippen LogP contribution in [-0.4, -0.2) is 36.0 Å². The molecule has 1 radical (unpaired) electrons. The molecule has 0 spiro atoms. The Morgan fingerprint density at radius 2 is 0.650 bits per heavy atom. The minimum atomic E-state index is -7.93. The number of halogens is 13. The van der Waals surface area contributed by atoms with Crippen LogP contribution in [0.4, 0.5) is 57.1 Å². The highest BCUT2D eigenvalue weighted by Crippen LogP contribution is 2.58. The van der Waals surface area contributed by atoms with E-state index in [0.29, 0.717) is 0 Å². The molecular formula is C6F13O. The SMILES string of the molecule is [O]C(F)(C(F)(F)C(F)(F)F)C(F)(F)C(F)(F)C(F)(F)F. The van der Waals surface area contributed by atoms with E-state index in [-0.39, 0.29) is 0 Å². The van der Waals surface area contributed by atoms with E-state index in [2.05, 4.69) is 0 Å². The lowest BCUT2D eigenvalue weighted by molar-refractivity contribution is -0.480. The van der Waals surface area contributed by atoms with Gasteiger partial charge in [-0.1, -0.05) is 0 Å². The van der Waals surface area contributed by atoms with Crippen LogP contribution >= 0.6 is 0 Å². The second-order valence-corrected chi connectivity index (χ2v) is 3.31. The van der Waals surface area contributed by atoms with Gasteiger partial charge < -0.3 is 0 Å². The summed E-state index contributed by atoms with van der Waals surface area (Å²) in [6.07, 6.45) is -14.9. The predicted octanol–water partition coefficient (Wildman–Crippen LogP) is 4.11. The van der Waals surface area contributed by atoms with Crippen LogP contribution in [0.25, 0.3) is 0 Å². The Labute approximate surface area is 99.5 Å². The first-order valence-electron chi connectivity index (χ1n) is 3.91. The predicted molar refractivity (Wildman–Crippen MR) is 31.5 cm³/mol. The zero-order valence-corrected chi connectivity index (χ0v) is 8.32. The number of rotatable bonds is 3. The normalized spacial score (nSPS) is 18.9. The standard InChI is InChI=1S/C6F13O/c7-1(8,2(9,10)5(14,15)16)4(13,20)3(11,12)6(17,18)19. The smallest absolute Gasteiger partial charge is 0.195 e. The summed E-state index contributed by atoms with van der Waals surface area (Å²) in [5.41, 5.74) is 0. The van der Waals surface area contributed by atoms with Gasteiger partial charge in [0.15, 0.2) is 0 Å². The molecule has 1 unspecified atom stereocenters. The molecule has 1 nitrogen and oxygen atoms in total. The van der Waals surface area contributed by atoms with Gasteiger partial charge in [0.05, 0.1) is 0 Å². The molecule has 14 heteroatoms. The summed E-state index contributed by atoms with van der Waals surface area (Å²) in [6, 6.07) is 0. The first-order valence-corrected chi connectivity index (χ1v) is 3.91. The highest BCUT2D eigenvalue weighted by Gasteiger charge is 2.91. The van der Waals surface area contributed by atoms with Crippen molar-refractivity contribution >= 4 is 0 Å². The maximum Gasteiger partial charge on any atom is 0.460 e. The molecule has 0 fully saturated rings. The van der Waals surface area contributed by atoms with Crippen LogP contribution < -0.4 is 0 Å². The van der Waals surface area contributed by atoms with Crippen molar-refractivity contribution in [3.63, 3.8) is 0 Å². The highest BCUT2D eigenvalue weighted by molar-refractivity contribution is 5.07. The third kappa shape index (κ3) is 2.26. The summed E-state index contributed by atoms with van der Waals surface area (Å²) in [6.45, 7) is 0. The van der Waals surface area contributed by atoms with Crippen LogP contribution in [0, 0.1) is 0 Å². The summed E-state index contributed by atoms with van der Waals surface area (Å²) in [4.78, 5) is 0. The van der Waals surface area contributed by atoms with Gasteiger partial charge in [0.1, 0.15) is 0 Å². The third-order valence-corrected chi connectivity index (χ3v) is 1.91. The summed E-state index contributed by atoms with van der Waals surface area (Å²) in [7, 11) is 0. The quantitative estimate of drug-likeness (QED) is 0.692. The van der Waals surface area contributed by atoms with Crippen molar-refractivity contribution in [2.75, 3.05) is 0 Å². The van der Waals surface area contributed by atoms with Crippen LogP contribution in [0.3, 0.4) is 0 Å². The van der Waals surface area contributed by atoms with E-state index in [0.717, 1.165) is 0 Å². The van der Waals surface area contributed by atoms with Crippen LogP contribution in [0.1, 0.15) is 0 Å². The zero-order chi connectivity index (χ0) is 17.0. The first kappa shape index (κ1) is 19.1. The van der Waals surface area contributed by atoms with E-state index in [1.54, 1.807) is 0 Å². The Hall–Kier alpha value is -0.950. The van der Waals surface area contributed by atoms with Crippen molar-refractivity contribution in [1.82, 2.24) is 0 Å². The summed E-state index contributed by atoms with van der Waals surface area (Å²) < 4.78 is 155. The van der Waals surface area contributed by atoms with Gasteiger partial charge in [-0.3, -0.25) is 0 Å². The molecular weight excluding hydrogens is 335 g/mol. The molecule has 0 aliphatic rings. The van der Waals surface area contributed by atoms with Gasteiger partial charge in [0.25, 0.3) is 0 Å². The third-order valence-electron chi connectivity index (χ3n) is 1.91. The van der Waals surface area contributed by atoms with Crippen molar-refractivity contribution in [1.29, 1.82) is 0 Å². The van der Waals surface area contributed by atoms with Crippen LogP contribution in [0.15, 0.2) is 0 Å². The zero-order valence-electron chi connectivity index (χ0n) is 8.32. The van der Waals surface area contributed by atoms with E-state index in [4.69, 9.17) is 0 Å². The second-order valence-electron chi connectivity index (χ2n) is 3.31. The Balaban J connectivity index is 6.08. The van der Waals surface area contributed by atoms with Gasteiger partial charge in [0, 0.05) is 0 Å². The van der Waals surface area contributed by atoms with Gasteiger partial charge in [-0.05, 0) is 0 Å². The Morgan fingerprint density at radius 1 is 0.400 bits per heavy atom. The molecule has 0 aromatic carbocycles. The number of hydrogen-bond acceptors (Lipinski definition) is 0. The molecule has 20 heavy (non-hydrogen) atoms. The van der Waals surface area contributed by atoms with E-state index in [9.17, 15) is 62.2 Å². The fraction of sp³-hybridized carbons (Fsp3) is 1.00. The van der Waals surface area contributed by atoms with Gasteiger partial charge in [-0.15, -0.1) is 0 Å². The molecule has 0 heterocycles. The lowest BCUT2D eigenvalue weighted by Gasteiger charge is -2.37. The Kier molecular flexibility index (Phi) is 4.07. The minimum Gasteiger partial charge on any atom is -0.195 e. The lowest BCUT2D eigenvalue weighted by Crippen LogP contribution is -2.70. The van der Waals surface area contributed by atoms with Crippen LogP contribution in [0.2, 0.25) is 0 Å². The topological polar surface area (TPSA) is 19.9 Å².